The minimum Gasteiger partial charge on any atom is -0.305 e. The van der Waals surface area contributed by atoms with Gasteiger partial charge in [0.2, 0.25) is 0 Å². The van der Waals surface area contributed by atoms with Gasteiger partial charge in [-0.05, 0) is 56.0 Å². The Hall–Kier alpha value is -0.0600. The Kier molecular flexibility index (Phi) is 9.14. The van der Waals surface area contributed by atoms with Gasteiger partial charge in [-0.2, -0.15) is 0 Å². The van der Waals surface area contributed by atoms with Crippen molar-refractivity contribution < 1.29 is 0 Å². The van der Waals surface area contributed by atoms with Crippen LogP contribution in [0, 0.1) is 5.92 Å². The Morgan fingerprint density at radius 3 is 2.52 bits per heavy atom. The van der Waals surface area contributed by atoms with Gasteiger partial charge in [-0.15, -0.1) is 37.2 Å². The normalized spacial score (nSPS) is 17.3. The van der Waals surface area contributed by atoms with Gasteiger partial charge in [-0.25, -0.2) is 0 Å². The molecule has 1 saturated carbocycles. The number of fused-ring (bicyclic) bond motifs is 1. The molecule has 21 heavy (non-hydrogen) atoms. The van der Waals surface area contributed by atoms with Crippen molar-refractivity contribution in [3.8, 4) is 0 Å². The second-order valence-electron chi connectivity index (χ2n) is 6.10. The van der Waals surface area contributed by atoms with E-state index in [1.54, 1.807) is 5.56 Å². The Morgan fingerprint density at radius 1 is 1.19 bits per heavy atom. The summed E-state index contributed by atoms with van der Waals surface area (Å²) in [5.41, 5.74) is 4.44. The van der Waals surface area contributed by atoms with Crippen molar-refractivity contribution in [2.24, 2.45) is 5.92 Å². The molecule has 0 radical (unpaired) electrons. The summed E-state index contributed by atoms with van der Waals surface area (Å²) in [7, 11) is 4.25. The van der Waals surface area contributed by atoms with Gasteiger partial charge in [-0.1, -0.05) is 0 Å². The van der Waals surface area contributed by atoms with E-state index in [0.29, 0.717) is 0 Å². The molecule has 6 heteroatoms. The van der Waals surface area contributed by atoms with Gasteiger partial charge >= 0.3 is 0 Å². The average molecular weight is 355 g/mol. The summed E-state index contributed by atoms with van der Waals surface area (Å²) in [6.45, 7) is 4.66. The van der Waals surface area contributed by atoms with Gasteiger partial charge in [0.05, 0.1) is 0 Å². The maximum atomic E-state index is 4.43. The van der Waals surface area contributed by atoms with Crippen LogP contribution in [0.4, 0.5) is 0 Å². The summed E-state index contributed by atoms with van der Waals surface area (Å²) in [6, 6.07) is 0. The third-order valence-corrected chi connectivity index (χ3v) is 4.01. The monoisotopic (exact) mass is 353 g/mol. The van der Waals surface area contributed by atoms with Crippen molar-refractivity contribution in [3.05, 3.63) is 29.1 Å². The zero-order valence-electron chi connectivity index (χ0n) is 12.7. The number of halogens is 3. The van der Waals surface area contributed by atoms with Crippen LogP contribution in [0.2, 0.25) is 0 Å². The number of hydrogen-bond donors (Lipinski definition) is 0. The van der Waals surface area contributed by atoms with E-state index in [0.717, 1.165) is 19.0 Å². The number of nitrogens with zero attached hydrogens (tertiary/aromatic N) is 3. The van der Waals surface area contributed by atoms with Gasteiger partial charge in [0.1, 0.15) is 0 Å². The van der Waals surface area contributed by atoms with Crippen LogP contribution in [0.5, 0.6) is 0 Å². The quantitative estimate of drug-likeness (QED) is 0.828. The van der Waals surface area contributed by atoms with Crippen LogP contribution >= 0.6 is 37.2 Å². The molecular weight excluding hydrogens is 329 g/mol. The molecule has 0 spiro atoms. The molecule has 0 N–H and O–H groups in total. The molecular formula is C15H26Cl3N3. The number of hydrogen-bond acceptors (Lipinski definition) is 3. The van der Waals surface area contributed by atoms with E-state index in [4.69, 9.17) is 0 Å². The maximum absolute atomic E-state index is 4.43. The van der Waals surface area contributed by atoms with E-state index < -0.39 is 0 Å². The third-order valence-electron chi connectivity index (χ3n) is 4.01. The highest BCUT2D eigenvalue weighted by molar-refractivity contribution is 5.86. The second-order valence-corrected chi connectivity index (χ2v) is 6.10. The third kappa shape index (κ3) is 5.57. The van der Waals surface area contributed by atoms with Crippen molar-refractivity contribution in [2.75, 3.05) is 27.2 Å². The standard InChI is InChI=1S/C15H23N3.3ClH/c1-17(2)10-13-7-16-8-14-11-18(6-5-15(13)14)9-12-3-4-12;;;/h7-8,12H,3-6,9-11H2,1-2H3;3*1H. The molecule has 1 aromatic heterocycles. The van der Waals surface area contributed by atoms with Gasteiger partial charge in [-0.3, -0.25) is 9.88 Å². The van der Waals surface area contributed by atoms with E-state index in [-0.39, 0.29) is 37.2 Å². The predicted octanol–water partition coefficient (Wildman–Crippen LogP) is 3.18. The number of rotatable bonds is 4. The number of pyridine rings is 1. The van der Waals surface area contributed by atoms with Crippen LogP contribution in [-0.2, 0) is 19.5 Å². The van der Waals surface area contributed by atoms with E-state index in [9.17, 15) is 0 Å². The molecule has 0 aromatic carbocycles. The lowest BCUT2D eigenvalue weighted by Gasteiger charge is -2.30. The molecule has 0 saturated heterocycles. The Balaban J connectivity index is 0.00000133. The molecule has 1 aliphatic heterocycles. The lowest BCUT2D eigenvalue weighted by Crippen LogP contribution is -2.33. The average Bonchev–Trinajstić information content (AvgIpc) is 3.12. The van der Waals surface area contributed by atoms with Crippen LogP contribution in [0.25, 0.3) is 0 Å². The molecule has 122 valence electrons. The van der Waals surface area contributed by atoms with Crippen molar-refractivity contribution >= 4 is 37.2 Å². The molecule has 1 aromatic rings. The Bertz CT molecular complexity index is 436. The highest BCUT2D eigenvalue weighted by Gasteiger charge is 2.27. The van der Waals surface area contributed by atoms with E-state index in [2.05, 4.69) is 41.3 Å². The lowest BCUT2D eigenvalue weighted by atomic mass is 9.97. The zero-order chi connectivity index (χ0) is 12.5. The highest BCUT2D eigenvalue weighted by atomic mass is 35.5. The summed E-state index contributed by atoms with van der Waals surface area (Å²) in [6.07, 6.45) is 8.22. The first-order chi connectivity index (χ1) is 8.72. The van der Waals surface area contributed by atoms with Crippen LogP contribution in [0.15, 0.2) is 12.4 Å². The first-order valence-electron chi connectivity index (χ1n) is 7.04. The summed E-state index contributed by atoms with van der Waals surface area (Å²) < 4.78 is 0. The van der Waals surface area contributed by atoms with Gasteiger partial charge in [0.15, 0.2) is 0 Å². The molecule has 0 amide bonds. The Morgan fingerprint density at radius 2 is 1.90 bits per heavy atom. The molecule has 3 nitrogen and oxygen atoms in total. The second kappa shape index (κ2) is 9.16. The smallest absolute Gasteiger partial charge is 0.0315 e. The maximum Gasteiger partial charge on any atom is 0.0315 e. The summed E-state index contributed by atoms with van der Waals surface area (Å²) in [5, 5.41) is 0. The lowest BCUT2D eigenvalue weighted by molar-refractivity contribution is 0.242. The molecule has 2 aliphatic rings. The van der Waals surface area contributed by atoms with E-state index in [1.165, 1.54) is 43.5 Å². The molecule has 3 rings (SSSR count). The first kappa shape index (κ1) is 20.9. The molecule has 1 aliphatic carbocycles. The van der Waals surface area contributed by atoms with Crippen LogP contribution in [-0.4, -0.2) is 42.0 Å². The van der Waals surface area contributed by atoms with Crippen molar-refractivity contribution in [3.63, 3.8) is 0 Å². The number of aromatic nitrogens is 1. The summed E-state index contributed by atoms with van der Waals surface area (Å²) in [5.74, 6) is 0.990. The molecule has 0 atom stereocenters. The van der Waals surface area contributed by atoms with Crippen molar-refractivity contribution in [1.82, 2.24) is 14.8 Å². The molecule has 0 unspecified atom stereocenters. The highest BCUT2D eigenvalue weighted by Crippen LogP contribution is 2.31. The topological polar surface area (TPSA) is 19.4 Å². The van der Waals surface area contributed by atoms with Gasteiger partial charge in [0.25, 0.3) is 0 Å². The zero-order valence-corrected chi connectivity index (χ0v) is 15.2. The molecule has 2 heterocycles. The van der Waals surface area contributed by atoms with Crippen LogP contribution in [0.3, 0.4) is 0 Å². The van der Waals surface area contributed by atoms with E-state index in [1.807, 2.05) is 0 Å². The first-order valence-corrected chi connectivity index (χ1v) is 7.04. The fourth-order valence-electron chi connectivity index (χ4n) is 2.92. The van der Waals surface area contributed by atoms with Crippen molar-refractivity contribution in [2.45, 2.75) is 32.4 Å². The van der Waals surface area contributed by atoms with Gasteiger partial charge in [0, 0.05) is 38.6 Å². The minimum absolute atomic E-state index is 0. The van der Waals surface area contributed by atoms with Gasteiger partial charge < -0.3 is 4.90 Å². The molecule has 0 bridgehead atoms. The summed E-state index contributed by atoms with van der Waals surface area (Å²) in [4.78, 5) is 9.27. The predicted molar refractivity (Wildman–Crippen MR) is 95.1 cm³/mol. The largest absolute Gasteiger partial charge is 0.305 e. The minimum atomic E-state index is 0. The molecule has 1 fully saturated rings. The van der Waals surface area contributed by atoms with Crippen molar-refractivity contribution in [1.29, 1.82) is 0 Å². The van der Waals surface area contributed by atoms with Crippen LogP contribution in [0.1, 0.15) is 29.5 Å². The fourth-order valence-corrected chi connectivity index (χ4v) is 2.92. The van der Waals surface area contributed by atoms with Crippen LogP contribution < -0.4 is 0 Å². The summed E-state index contributed by atoms with van der Waals surface area (Å²) >= 11 is 0. The Labute approximate surface area is 146 Å². The SMILES string of the molecule is CN(C)Cc1cncc2c1CCN(CC1CC1)C2.Cl.Cl.Cl. The fraction of sp³-hybridized carbons (Fsp3) is 0.667. The van der Waals surface area contributed by atoms with E-state index >= 15 is 0 Å².